The van der Waals surface area contributed by atoms with Crippen LogP contribution in [0.25, 0.3) is 22.8 Å². The number of carbonyl (C=O) groups excluding carboxylic acids is 2. The number of nitrogens with zero attached hydrogens (tertiary/aromatic N) is 11. The Morgan fingerprint density at radius 3 is 2.19 bits per heavy atom. The van der Waals surface area contributed by atoms with Crippen molar-refractivity contribution in [3.8, 4) is 34.3 Å². The Morgan fingerprint density at radius 2 is 1.50 bits per heavy atom. The van der Waals surface area contributed by atoms with E-state index in [1.54, 1.807) is 65.8 Å². The summed E-state index contributed by atoms with van der Waals surface area (Å²) in [6.07, 6.45) is 10.4. The zero-order chi connectivity index (χ0) is 40.8. The minimum absolute atomic E-state index is 0.0485. The molecule has 0 radical (unpaired) electrons. The normalized spacial score (nSPS) is 13.0. The van der Waals surface area contributed by atoms with E-state index in [4.69, 9.17) is 14.8 Å². The number of anilines is 3. The van der Waals surface area contributed by atoms with Crippen LogP contribution in [0.2, 0.25) is 0 Å². The number of aromatic hydroxyl groups is 1. The molecule has 0 saturated heterocycles. The Labute approximate surface area is 332 Å². The standard InChI is InChI=1S/C36H36N14O6.C2H6/c1-47-18-24(16-40-47)33-43-26(35(54)38-5-8-51)12-31(45-33)48-7-3-21-10-29(53)30(11-22(21)19-48)56-49-20-25(17-41-49)34-44-27(36(55)39-6-9-52)13-32(46-34)50-28-2-4-37-14-23(28)15-42-50;1-2/h2,4,10-14,16-18,20,42,51-53H,3,5-9,15,19H2,1H3,(H,38,54)(H,39,55);1-2H3. The van der Waals surface area contributed by atoms with Crippen molar-refractivity contribution >= 4 is 29.1 Å². The molecule has 0 bridgehead atoms. The lowest BCUT2D eigenvalue weighted by atomic mass is 9.99. The number of hydrogen-bond donors (Lipinski definition) is 6. The summed E-state index contributed by atoms with van der Waals surface area (Å²) in [5.41, 5.74) is 8.07. The first-order chi connectivity index (χ1) is 28.3. The van der Waals surface area contributed by atoms with Crippen molar-refractivity contribution in [2.75, 3.05) is 42.8 Å². The lowest BCUT2D eigenvalue weighted by Gasteiger charge is -2.30. The molecule has 6 N–H and O–H groups in total. The number of hydrazine groups is 1. The molecule has 5 aromatic heterocycles. The fraction of sp³-hybridized carbons (Fsp3) is 0.289. The number of nitrogens with one attached hydrogen (secondary N) is 3. The van der Waals surface area contributed by atoms with Crippen LogP contribution < -0.4 is 30.8 Å². The molecule has 2 aliphatic heterocycles. The van der Waals surface area contributed by atoms with Crippen LogP contribution in [0.3, 0.4) is 0 Å². The Morgan fingerprint density at radius 1 is 0.828 bits per heavy atom. The third-order valence-corrected chi connectivity index (χ3v) is 9.05. The van der Waals surface area contributed by atoms with Crippen molar-refractivity contribution in [1.29, 1.82) is 0 Å². The molecule has 1 aromatic carbocycles. The Hall–Kier alpha value is -7.03. The average molecular weight is 791 g/mol. The molecule has 6 aromatic rings. The first kappa shape index (κ1) is 39.2. The van der Waals surface area contributed by atoms with Crippen LogP contribution in [-0.4, -0.2) is 105 Å². The van der Waals surface area contributed by atoms with Gasteiger partial charge in [0.05, 0.1) is 48.6 Å². The molecule has 0 saturated carbocycles. The van der Waals surface area contributed by atoms with Gasteiger partial charge in [-0.05, 0) is 35.7 Å². The molecule has 2 amide bonds. The maximum Gasteiger partial charge on any atom is 0.270 e. The van der Waals surface area contributed by atoms with Crippen molar-refractivity contribution in [3.63, 3.8) is 0 Å². The first-order valence-corrected chi connectivity index (χ1v) is 18.6. The summed E-state index contributed by atoms with van der Waals surface area (Å²) in [4.78, 5) is 57.8. The van der Waals surface area contributed by atoms with E-state index in [1.807, 2.05) is 24.8 Å². The second-order valence-corrected chi connectivity index (χ2v) is 12.9. The molecule has 2 aliphatic rings. The lowest BCUT2D eigenvalue weighted by Crippen LogP contribution is -2.32. The number of aliphatic hydroxyl groups is 2. The minimum atomic E-state index is -0.494. The second kappa shape index (κ2) is 17.4. The predicted octanol–water partition coefficient (Wildman–Crippen LogP) is 1.66. The van der Waals surface area contributed by atoms with Gasteiger partial charge >= 0.3 is 0 Å². The molecule has 20 nitrogen and oxygen atoms in total. The van der Waals surface area contributed by atoms with Crippen LogP contribution in [-0.2, 0) is 26.6 Å². The van der Waals surface area contributed by atoms with Gasteiger partial charge in [0.1, 0.15) is 17.2 Å². The smallest absolute Gasteiger partial charge is 0.270 e. The number of carbonyl (C=O) groups is 2. The van der Waals surface area contributed by atoms with Crippen LogP contribution in [0.5, 0.6) is 11.5 Å². The molecule has 0 fully saturated rings. The summed E-state index contributed by atoms with van der Waals surface area (Å²) in [7, 11) is 1.77. The van der Waals surface area contributed by atoms with Crippen LogP contribution in [0, 0.1) is 0 Å². The van der Waals surface area contributed by atoms with Crippen LogP contribution in [0.1, 0.15) is 51.5 Å². The summed E-state index contributed by atoms with van der Waals surface area (Å²) < 4.78 is 1.62. The van der Waals surface area contributed by atoms with Gasteiger partial charge in [-0.3, -0.25) is 24.3 Å². The molecule has 0 unspecified atom stereocenters. The van der Waals surface area contributed by atoms with E-state index >= 15 is 0 Å². The largest absolute Gasteiger partial charge is 0.504 e. The molecule has 0 aliphatic carbocycles. The summed E-state index contributed by atoms with van der Waals surface area (Å²) in [6.45, 7) is 5.11. The van der Waals surface area contributed by atoms with Gasteiger partial charge in [-0.1, -0.05) is 18.7 Å². The molecule has 7 heterocycles. The van der Waals surface area contributed by atoms with E-state index in [0.717, 1.165) is 27.2 Å². The number of benzene rings is 1. The van der Waals surface area contributed by atoms with E-state index in [9.17, 15) is 24.9 Å². The topological polar surface area (TPSA) is 247 Å². The van der Waals surface area contributed by atoms with E-state index in [1.165, 1.54) is 12.4 Å². The van der Waals surface area contributed by atoms with Gasteiger partial charge in [0.2, 0.25) is 0 Å². The quantitative estimate of drug-likeness (QED) is 0.103. The highest BCUT2D eigenvalue weighted by Crippen LogP contribution is 2.35. The number of rotatable bonds is 12. The molecular weight excluding hydrogens is 749 g/mol. The summed E-state index contributed by atoms with van der Waals surface area (Å²) >= 11 is 0. The Balaban J connectivity index is 0.00000252. The zero-order valence-electron chi connectivity index (χ0n) is 32.0. The van der Waals surface area contributed by atoms with Gasteiger partial charge in [-0.25, -0.2) is 25.4 Å². The zero-order valence-corrected chi connectivity index (χ0v) is 32.0. The molecule has 0 spiro atoms. The number of hydrogen-bond acceptors (Lipinski definition) is 16. The summed E-state index contributed by atoms with van der Waals surface area (Å²) in [5.74, 6) is 0.521. The van der Waals surface area contributed by atoms with Gasteiger partial charge in [-0.2, -0.15) is 5.10 Å². The van der Waals surface area contributed by atoms with Gasteiger partial charge in [0.15, 0.2) is 29.0 Å². The number of phenolic OH excluding ortho intramolecular Hbond substituents is 1. The van der Waals surface area contributed by atoms with E-state index in [-0.39, 0.29) is 55.0 Å². The number of aryl methyl sites for hydroxylation is 1. The number of pyridine rings is 1. The molecule has 20 heteroatoms. The van der Waals surface area contributed by atoms with Crippen LogP contribution in [0.15, 0.2) is 67.5 Å². The first-order valence-electron chi connectivity index (χ1n) is 18.6. The molecule has 58 heavy (non-hydrogen) atoms. The molecule has 8 rings (SSSR count). The fourth-order valence-corrected chi connectivity index (χ4v) is 6.33. The van der Waals surface area contributed by atoms with E-state index in [2.05, 4.69) is 41.2 Å². The van der Waals surface area contributed by atoms with Crippen LogP contribution in [0.4, 0.5) is 17.3 Å². The van der Waals surface area contributed by atoms with Gasteiger partial charge < -0.3 is 35.7 Å². The van der Waals surface area contributed by atoms with E-state index < -0.39 is 11.8 Å². The monoisotopic (exact) mass is 790 g/mol. The van der Waals surface area contributed by atoms with Crippen molar-refractivity contribution in [2.24, 2.45) is 7.05 Å². The fourth-order valence-electron chi connectivity index (χ4n) is 6.33. The maximum absolute atomic E-state index is 13.0. The van der Waals surface area contributed by atoms with Crippen LogP contribution >= 0.6 is 0 Å². The number of amides is 2. The molecule has 300 valence electrons. The third kappa shape index (κ3) is 8.38. The lowest BCUT2D eigenvalue weighted by molar-refractivity contribution is 0.0932. The highest BCUT2D eigenvalue weighted by Gasteiger charge is 2.26. The van der Waals surface area contributed by atoms with Crippen molar-refractivity contribution in [3.05, 3.63) is 95.6 Å². The average Bonchev–Trinajstić information content (AvgIpc) is 4.03. The SMILES string of the molecule is CC.Cn1cc(-c2nc(C(=O)NCCO)cc(N3CCc4cc(O)c(On5cc(-c6nc(C(=O)NCCO)cc(N7NCc8cnccc87)n6)cn5)cc4C3)n2)cn1. The number of phenols is 1. The van der Waals surface area contributed by atoms with Gasteiger partial charge in [0, 0.05) is 76.1 Å². The summed E-state index contributed by atoms with van der Waals surface area (Å²) in [6, 6.07) is 8.36. The number of fused-ring (bicyclic) bond motifs is 2. The highest BCUT2D eigenvalue weighted by molar-refractivity contribution is 5.94. The molecular formula is C38H42N14O6. The maximum atomic E-state index is 13.0. The predicted molar refractivity (Wildman–Crippen MR) is 210 cm³/mol. The highest BCUT2D eigenvalue weighted by atomic mass is 16.7. The summed E-state index contributed by atoms with van der Waals surface area (Å²) in [5, 5.41) is 45.1. The second-order valence-electron chi connectivity index (χ2n) is 12.9. The number of aromatic nitrogens is 9. The number of aliphatic hydroxyl groups excluding tert-OH is 2. The Bertz CT molecular complexity index is 2430. The Kier molecular flexibility index (Phi) is 11.8. The van der Waals surface area contributed by atoms with Crippen molar-refractivity contribution < 1.29 is 29.7 Å². The van der Waals surface area contributed by atoms with Gasteiger partial charge in [0.25, 0.3) is 11.8 Å². The van der Waals surface area contributed by atoms with Crippen molar-refractivity contribution in [1.82, 2.24) is 60.7 Å². The molecule has 0 atom stereocenters. The third-order valence-electron chi connectivity index (χ3n) is 9.05. The van der Waals surface area contributed by atoms with Gasteiger partial charge in [-0.15, -0.1) is 5.10 Å². The van der Waals surface area contributed by atoms with Crippen molar-refractivity contribution in [2.45, 2.75) is 33.4 Å². The van der Waals surface area contributed by atoms with E-state index in [0.29, 0.717) is 54.6 Å². The minimum Gasteiger partial charge on any atom is -0.504 e.